The Bertz CT molecular complexity index is 573. The minimum Gasteiger partial charge on any atom is -0.396 e. The number of nitrogens with zero attached hydrogens (tertiary/aromatic N) is 2. The number of benzene rings is 1. The van der Waals surface area contributed by atoms with Crippen molar-refractivity contribution in [1.82, 2.24) is 9.78 Å². The second kappa shape index (κ2) is 4.80. The zero-order chi connectivity index (χ0) is 13.3. The molecule has 1 heterocycles. The molecular formula is C14H18FN3. The van der Waals surface area contributed by atoms with Crippen LogP contribution in [0.1, 0.15) is 24.7 Å². The molecule has 0 spiro atoms. The summed E-state index contributed by atoms with van der Waals surface area (Å²) in [4.78, 5) is 0. The Kier molecular flexibility index (Phi) is 3.36. The number of halogens is 1. The molecule has 2 aromatic rings. The van der Waals surface area contributed by atoms with Crippen LogP contribution in [0.3, 0.4) is 0 Å². The highest BCUT2D eigenvalue weighted by Crippen LogP contribution is 2.28. The van der Waals surface area contributed by atoms with Gasteiger partial charge in [-0.25, -0.2) is 4.39 Å². The summed E-state index contributed by atoms with van der Waals surface area (Å²) in [5.41, 5.74) is 9.50. The van der Waals surface area contributed by atoms with Gasteiger partial charge in [0.15, 0.2) is 0 Å². The van der Waals surface area contributed by atoms with Crippen LogP contribution in [-0.4, -0.2) is 9.78 Å². The number of anilines is 1. The summed E-state index contributed by atoms with van der Waals surface area (Å²) in [6.45, 7) is 6.95. The number of aryl methyl sites for hydroxylation is 2. The van der Waals surface area contributed by atoms with Gasteiger partial charge in [-0.05, 0) is 38.0 Å². The first-order chi connectivity index (χ1) is 8.54. The predicted octanol–water partition coefficient (Wildman–Crippen LogP) is 3.30. The zero-order valence-electron chi connectivity index (χ0n) is 11.0. The fourth-order valence-corrected chi connectivity index (χ4v) is 2.23. The van der Waals surface area contributed by atoms with Crippen LogP contribution in [0.25, 0.3) is 11.1 Å². The van der Waals surface area contributed by atoms with Gasteiger partial charge in [-0.1, -0.05) is 13.0 Å². The predicted molar refractivity (Wildman–Crippen MR) is 71.8 cm³/mol. The SMILES string of the molecule is CCCn1nc(C)c(-c2ccc(N)c(F)c2)c1C. The van der Waals surface area contributed by atoms with Crippen LogP contribution in [0.2, 0.25) is 0 Å². The Morgan fingerprint density at radius 1 is 1.33 bits per heavy atom. The van der Waals surface area contributed by atoms with E-state index < -0.39 is 0 Å². The lowest BCUT2D eigenvalue weighted by Crippen LogP contribution is -2.01. The van der Waals surface area contributed by atoms with Gasteiger partial charge in [0.2, 0.25) is 0 Å². The van der Waals surface area contributed by atoms with Crippen molar-refractivity contribution in [3.63, 3.8) is 0 Å². The van der Waals surface area contributed by atoms with E-state index in [1.807, 2.05) is 24.6 Å². The Morgan fingerprint density at radius 3 is 2.67 bits per heavy atom. The largest absolute Gasteiger partial charge is 0.396 e. The summed E-state index contributed by atoms with van der Waals surface area (Å²) < 4.78 is 15.5. The molecule has 1 aromatic carbocycles. The number of hydrogen-bond donors (Lipinski definition) is 1. The average Bonchev–Trinajstić information content (AvgIpc) is 2.59. The van der Waals surface area contributed by atoms with Crippen LogP contribution in [0, 0.1) is 19.7 Å². The van der Waals surface area contributed by atoms with Gasteiger partial charge in [-0.15, -0.1) is 0 Å². The summed E-state index contributed by atoms with van der Waals surface area (Å²) >= 11 is 0. The van der Waals surface area contributed by atoms with Crippen molar-refractivity contribution in [2.24, 2.45) is 0 Å². The second-order valence-corrected chi connectivity index (χ2v) is 4.51. The van der Waals surface area contributed by atoms with Crippen molar-refractivity contribution in [1.29, 1.82) is 0 Å². The third-order valence-electron chi connectivity index (χ3n) is 3.11. The van der Waals surface area contributed by atoms with Crippen molar-refractivity contribution in [2.75, 3.05) is 5.73 Å². The van der Waals surface area contributed by atoms with E-state index in [1.54, 1.807) is 6.07 Å². The average molecular weight is 247 g/mol. The Morgan fingerprint density at radius 2 is 2.06 bits per heavy atom. The molecule has 3 nitrogen and oxygen atoms in total. The van der Waals surface area contributed by atoms with Crippen LogP contribution in [0.4, 0.5) is 10.1 Å². The van der Waals surface area contributed by atoms with Crippen LogP contribution < -0.4 is 5.73 Å². The molecule has 0 fully saturated rings. The Labute approximate surface area is 106 Å². The van der Waals surface area contributed by atoms with Crippen LogP contribution in [-0.2, 0) is 6.54 Å². The Hall–Kier alpha value is -1.84. The number of hydrogen-bond acceptors (Lipinski definition) is 2. The van der Waals surface area contributed by atoms with Crippen LogP contribution >= 0.6 is 0 Å². The summed E-state index contributed by atoms with van der Waals surface area (Å²) in [6.07, 6.45) is 1.03. The fraction of sp³-hybridized carbons (Fsp3) is 0.357. The van der Waals surface area contributed by atoms with Crippen molar-refractivity contribution in [3.05, 3.63) is 35.4 Å². The number of rotatable bonds is 3. The number of aromatic nitrogens is 2. The van der Waals surface area contributed by atoms with Gasteiger partial charge in [-0.2, -0.15) is 5.10 Å². The maximum Gasteiger partial charge on any atom is 0.146 e. The first-order valence-electron chi connectivity index (χ1n) is 6.14. The van der Waals surface area contributed by atoms with Crippen molar-refractivity contribution in [3.8, 4) is 11.1 Å². The quantitative estimate of drug-likeness (QED) is 0.846. The summed E-state index contributed by atoms with van der Waals surface area (Å²) in [5, 5.41) is 4.49. The Balaban J connectivity index is 2.53. The van der Waals surface area contributed by atoms with E-state index in [2.05, 4.69) is 12.0 Å². The van der Waals surface area contributed by atoms with E-state index in [0.29, 0.717) is 0 Å². The van der Waals surface area contributed by atoms with E-state index in [9.17, 15) is 4.39 Å². The molecule has 0 saturated heterocycles. The second-order valence-electron chi connectivity index (χ2n) is 4.51. The maximum atomic E-state index is 13.5. The molecule has 2 N–H and O–H groups in total. The summed E-state index contributed by atoms with van der Waals surface area (Å²) in [7, 11) is 0. The number of nitrogen functional groups attached to an aromatic ring is 1. The standard InChI is InChI=1S/C14H18FN3/c1-4-7-18-10(3)14(9(2)17-18)11-5-6-13(16)12(15)8-11/h5-6,8H,4,7,16H2,1-3H3. The van der Waals surface area contributed by atoms with E-state index in [4.69, 9.17) is 5.73 Å². The summed E-state index contributed by atoms with van der Waals surface area (Å²) in [5.74, 6) is -0.380. The lowest BCUT2D eigenvalue weighted by molar-refractivity contribution is 0.583. The molecule has 0 bridgehead atoms. The minimum absolute atomic E-state index is 0.176. The molecule has 0 aliphatic heterocycles. The van der Waals surface area contributed by atoms with Gasteiger partial charge in [0.05, 0.1) is 11.4 Å². The first-order valence-corrected chi connectivity index (χ1v) is 6.14. The molecule has 0 saturated carbocycles. The fourth-order valence-electron chi connectivity index (χ4n) is 2.23. The zero-order valence-corrected chi connectivity index (χ0v) is 11.0. The minimum atomic E-state index is -0.380. The monoisotopic (exact) mass is 247 g/mol. The molecule has 1 aromatic heterocycles. The smallest absolute Gasteiger partial charge is 0.146 e. The van der Waals surface area contributed by atoms with Gasteiger partial charge in [0.25, 0.3) is 0 Å². The summed E-state index contributed by atoms with van der Waals surface area (Å²) in [6, 6.07) is 4.91. The molecule has 0 amide bonds. The lowest BCUT2D eigenvalue weighted by atomic mass is 10.0. The molecule has 0 aliphatic rings. The third-order valence-corrected chi connectivity index (χ3v) is 3.11. The van der Waals surface area contributed by atoms with Crippen LogP contribution in [0.5, 0.6) is 0 Å². The highest BCUT2D eigenvalue weighted by atomic mass is 19.1. The normalized spacial score (nSPS) is 10.9. The van der Waals surface area contributed by atoms with Gasteiger partial charge >= 0.3 is 0 Å². The van der Waals surface area contributed by atoms with E-state index in [1.165, 1.54) is 6.07 Å². The molecule has 4 heteroatoms. The molecule has 2 rings (SSSR count). The van der Waals surface area contributed by atoms with Crippen LogP contribution in [0.15, 0.2) is 18.2 Å². The molecule has 0 unspecified atom stereocenters. The van der Waals surface area contributed by atoms with Crippen molar-refractivity contribution < 1.29 is 4.39 Å². The molecule has 0 atom stereocenters. The maximum absolute atomic E-state index is 13.5. The van der Waals surface area contributed by atoms with Gasteiger partial charge in [0, 0.05) is 17.8 Å². The first kappa shape index (κ1) is 12.6. The molecule has 0 aliphatic carbocycles. The van der Waals surface area contributed by atoms with Gasteiger partial charge in [0.1, 0.15) is 5.82 Å². The topological polar surface area (TPSA) is 43.8 Å². The molecule has 18 heavy (non-hydrogen) atoms. The highest BCUT2D eigenvalue weighted by Gasteiger charge is 2.14. The van der Waals surface area contributed by atoms with Crippen molar-refractivity contribution in [2.45, 2.75) is 33.7 Å². The van der Waals surface area contributed by atoms with Crippen molar-refractivity contribution >= 4 is 5.69 Å². The van der Waals surface area contributed by atoms with Gasteiger partial charge < -0.3 is 5.73 Å². The molecular weight excluding hydrogens is 229 g/mol. The highest BCUT2D eigenvalue weighted by molar-refractivity contribution is 5.70. The lowest BCUT2D eigenvalue weighted by Gasteiger charge is -2.05. The van der Waals surface area contributed by atoms with E-state index >= 15 is 0 Å². The third kappa shape index (κ3) is 2.10. The molecule has 96 valence electrons. The molecule has 0 radical (unpaired) electrons. The number of nitrogens with two attached hydrogens (primary N) is 1. The van der Waals surface area contributed by atoms with E-state index in [-0.39, 0.29) is 11.5 Å². The van der Waals surface area contributed by atoms with Gasteiger partial charge in [-0.3, -0.25) is 4.68 Å². The van der Waals surface area contributed by atoms with E-state index in [0.717, 1.165) is 35.5 Å².